The van der Waals surface area contributed by atoms with Crippen LogP contribution in [0.1, 0.15) is 24.1 Å². The van der Waals surface area contributed by atoms with Crippen LogP contribution in [-0.4, -0.2) is 46.4 Å². The minimum atomic E-state index is -0.0182. The van der Waals surface area contributed by atoms with E-state index in [0.29, 0.717) is 5.92 Å². The van der Waals surface area contributed by atoms with E-state index in [1.807, 2.05) is 24.4 Å². The van der Waals surface area contributed by atoms with E-state index in [1.54, 1.807) is 17.8 Å². The number of carbonyl (C=O) groups excluding carboxylic acids is 1. The highest BCUT2D eigenvalue weighted by atomic mass is 35.5. The summed E-state index contributed by atoms with van der Waals surface area (Å²) in [6.07, 6.45) is 10.9. The lowest BCUT2D eigenvalue weighted by atomic mass is 9.96. The first-order valence-electron chi connectivity index (χ1n) is 11.3. The van der Waals surface area contributed by atoms with E-state index in [-0.39, 0.29) is 30.7 Å². The summed E-state index contributed by atoms with van der Waals surface area (Å²) in [5.74, 6) is 0.547. The van der Waals surface area contributed by atoms with Gasteiger partial charge < -0.3 is 10.2 Å². The second-order valence-electron chi connectivity index (χ2n) is 8.49. The molecule has 5 rings (SSSR count). The summed E-state index contributed by atoms with van der Waals surface area (Å²) in [7, 11) is 0. The minimum Gasteiger partial charge on any atom is -0.352 e. The Morgan fingerprint density at radius 3 is 2.68 bits per heavy atom. The molecular weight excluding hydrogens is 487 g/mol. The van der Waals surface area contributed by atoms with Crippen molar-refractivity contribution >= 4 is 54.2 Å². The highest BCUT2D eigenvalue weighted by Crippen LogP contribution is 2.34. The number of piperidine rings is 1. The van der Waals surface area contributed by atoms with Gasteiger partial charge in [0, 0.05) is 24.1 Å². The van der Waals surface area contributed by atoms with Crippen molar-refractivity contribution in [3.8, 4) is 0 Å². The number of thioether (sulfide) groups is 1. The molecular formula is C26H30Cl2N4OS. The van der Waals surface area contributed by atoms with Gasteiger partial charge in [0.15, 0.2) is 0 Å². The van der Waals surface area contributed by atoms with Gasteiger partial charge in [0.1, 0.15) is 5.65 Å². The Hall–Kier alpha value is -2.25. The van der Waals surface area contributed by atoms with Gasteiger partial charge in [0.2, 0.25) is 5.91 Å². The predicted molar refractivity (Wildman–Crippen MR) is 145 cm³/mol. The van der Waals surface area contributed by atoms with Crippen molar-refractivity contribution in [3.63, 3.8) is 0 Å². The molecule has 0 saturated carbocycles. The third-order valence-corrected chi connectivity index (χ3v) is 7.28. The third-order valence-electron chi connectivity index (χ3n) is 6.26. The number of rotatable bonds is 7. The van der Waals surface area contributed by atoms with Crippen LogP contribution in [0.4, 0.5) is 0 Å². The van der Waals surface area contributed by atoms with Gasteiger partial charge >= 0.3 is 0 Å². The third kappa shape index (κ3) is 6.45. The Morgan fingerprint density at radius 2 is 1.88 bits per heavy atom. The van der Waals surface area contributed by atoms with Gasteiger partial charge in [-0.2, -0.15) is 0 Å². The maximum Gasteiger partial charge on any atom is 0.244 e. The molecule has 1 fully saturated rings. The first kappa shape index (κ1) is 26.4. The zero-order valence-corrected chi connectivity index (χ0v) is 21.4. The molecule has 0 unspecified atom stereocenters. The average Bonchev–Trinajstić information content (AvgIpc) is 3.26. The second kappa shape index (κ2) is 12.5. The molecule has 0 spiro atoms. The normalized spacial score (nSPS) is 16.1. The van der Waals surface area contributed by atoms with Crippen LogP contribution >= 0.6 is 36.6 Å². The topological polar surface area (TPSA) is 49.6 Å². The lowest BCUT2D eigenvalue weighted by Crippen LogP contribution is -2.39. The van der Waals surface area contributed by atoms with Crippen molar-refractivity contribution in [1.29, 1.82) is 0 Å². The highest BCUT2D eigenvalue weighted by molar-refractivity contribution is 8.03. The molecule has 4 heterocycles. The SMILES string of the molecule is Cl.Cl.O=C(/C=C/C1=Cc2cnc3cccc(n23)S1)NCC1CCN(CCc2ccccc2)CC1. The number of halogens is 2. The summed E-state index contributed by atoms with van der Waals surface area (Å²) in [5, 5.41) is 4.22. The maximum absolute atomic E-state index is 12.4. The number of likely N-dealkylation sites (tertiary alicyclic amines) is 1. The van der Waals surface area contributed by atoms with Crippen molar-refractivity contribution in [2.24, 2.45) is 5.92 Å². The van der Waals surface area contributed by atoms with Crippen molar-refractivity contribution in [1.82, 2.24) is 19.6 Å². The number of amides is 1. The fraction of sp³-hybridized carbons (Fsp3) is 0.308. The number of hydrogen-bond donors (Lipinski definition) is 1. The van der Waals surface area contributed by atoms with Gasteiger partial charge in [-0.25, -0.2) is 4.98 Å². The summed E-state index contributed by atoms with van der Waals surface area (Å²) < 4.78 is 2.13. The zero-order chi connectivity index (χ0) is 21.8. The monoisotopic (exact) mass is 516 g/mol. The van der Waals surface area contributed by atoms with Gasteiger partial charge in [-0.15, -0.1) is 24.8 Å². The summed E-state index contributed by atoms with van der Waals surface area (Å²) in [4.78, 5) is 20.4. The molecule has 34 heavy (non-hydrogen) atoms. The number of nitrogens with zero attached hydrogens (tertiary/aromatic N) is 3. The summed E-state index contributed by atoms with van der Waals surface area (Å²) in [6, 6.07) is 16.8. The van der Waals surface area contributed by atoms with Crippen LogP contribution in [0.25, 0.3) is 11.7 Å². The molecule has 2 aliphatic heterocycles. The highest BCUT2D eigenvalue weighted by Gasteiger charge is 2.19. The maximum atomic E-state index is 12.4. The van der Waals surface area contributed by atoms with E-state index in [2.05, 4.69) is 62.1 Å². The number of hydrogen-bond acceptors (Lipinski definition) is 4. The van der Waals surface area contributed by atoms with Gasteiger partial charge in [0.25, 0.3) is 0 Å². The number of benzene rings is 1. The van der Waals surface area contributed by atoms with E-state index in [9.17, 15) is 4.79 Å². The molecule has 1 amide bonds. The Labute approximate surface area is 217 Å². The molecule has 1 saturated heterocycles. The molecule has 180 valence electrons. The average molecular weight is 518 g/mol. The van der Waals surface area contributed by atoms with Gasteiger partial charge in [0.05, 0.1) is 16.9 Å². The molecule has 0 atom stereocenters. The standard InChI is InChI=1S/C26H28N4OS.2ClH/c31-25(10-9-23-17-22-19-27-24-7-4-8-26(32-23)30(22)24)28-18-21-12-15-29(16-13-21)14-11-20-5-2-1-3-6-20;;/h1-10,17,19,21H,11-16,18H2,(H,28,31);2*1H/b10-9+;;. The lowest BCUT2D eigenvalue weighted by molar-refractivity contribution is -0.116. The number of aromatic nitrogens is 2. The molecule has 2 aromatic heterocycles. The Kier molecular flexibility index (Phi) is 9.65. The first-order valence-corrected chi connectivity index (χ1v) is 12.1. The van der Waals surface area contributed by atoms with Crippen LogP contribution in [0.15, 0.2) is 76.8 Å². The molecule has 3 aromatic rings. The fourth-order valence-corrected chi connectivity index (χ4v) is 5.39. The number of allylic oxidation sites excluding steroid dienone is 1. The van der Waals surface area contributed by atoms with Crippen LogP contribution < -0.4 is 5.32 Å². The summed E-state index contributed by atoms with van der Waals surface area (Å²) in [5.41, 5.74) is 3.41. The van der Waals surface area contributed by atoms with Crippen LogP contribution in [0.3, 0.4) is 0 Å². The Balaban J connectivity index is 0.00000162. The number of imidazole rings is 1. The van der Waals surface area contributed by atoms with E-state index in [4.69, 9.17) is 0 Å². The van der Waals surface area contributed by atoms with Gasteiger partial charge in [-0.3, -0.25) is 9.20 Å². The number of nitrogens with one attached hydrogen (secondary N) is 1. The van der Waals surface area contributed by atoms with Crippen molar-refractivity contribution in [2.75, 3.05) is 26.2 Å². The van der Waals surface area contributed by atoms with E-state index in [0.717, 1.165) is 66.7 Å². The van der Waals surface area contributed by atoms with Gasteiger partial charge in [-0.05, 0) is 68.1 Å². The second-order valence-corrected chi connectivity index (χ2v) is 9.58. The number of pyridine rings is 1. The van der Waals surface area contributed by atoms with Crippen LogP contribution in [0.5, 0.6) is 0 Å². The molecule has 0 aliphatic carbocycles. The molecule has 5 nitrogen and oxygen atoms in total. The minimum absolute atomic E-state index is 0. The Bertz CT molecular complexity index is 1150. The van der Waals surface area contributed by atoms with Gasteiger partial charge in [-0.1, -0.05) is 48.2 Å². The fourth-order valence-electron chi connectivity index (χ4n) is 4.40. The smallest absolute Gasteiger partial charge is 0.244 e. The predicted octanol–water partition coefficient (Wildman–Crippen LogP) is 5.25. The van der Waals surface area contributed by atoms with Crippen molar-refractivity contribution in [2.45, 2.75) is 24.3 Å². The van der Waals surface area contributed by atoms with E-state index in [1.165, 1.54) is 5.56 Å². The Morgan fingerprint density at radius 1 is 1.09 bits per heavy atom. The molecule has 0 radical (unpaired) electrons. The molecule has 1 aromatic carbocycles. The first-order chi connectivity index (χ1) is 15.7. The van der Waals surface area contributed by atoms with Crippen LogP contribution in [-0.2, 0) is 11.2 Å². The molecule has 0 bridgehead atoms. The molecule has 2 aliphatic rings. The summed E-state index contributed by atoms with van der Waals surface area (Å²) >= 11 is 1.66. The molecule has 8 heteroatoms. The zero-order valence-electron chi connectivity index (χ0n) is 18.9. The van der Waals surface area contributed by atoms with E-state index >= 15 is 0 Å². The van der Waals surface area contributed by atoms with Crippen LogP contribution in [0.2, 0.25) is 0 Å². The largest absolute Gasteiger partial charge is 0.352 e. The lowest BCUT2D eigenvalue weighted by Gasteiger charge is -2.32. The van der Waals surface area contributed by atoms with Crippen LogP contribution in [0, 0.1) is 5.92 Å². The number of carbonyl (C=O) groups is 1. The summed E-state index contributed by atoms with van der Waals surface area (Å²) in [6.45, 7) is 4.11. The van der Waals surface area contributed by atoms with Crippen molar-refractivity contribution in [3.05, 3.63) is 83.0 Å². The quantitative estimate of drug-likeness (QED) is 0.435. The molecule has 1 N–H and O–H groups in total. The van der Waals surface area contributed by atoms with Crippen molar-refractivity contribution < 1.29 is 4.79 Å². The van der Waals surface area contributed by atoms with E-state index < -0.39 is 0 Å².